The first-order valence-corrected chi connectivity index (χ1v) is 22.3. The van der Waals surface area contributed by atoms with E-state index in [0.29, 0.717) is 72.6 Å². The Morgan fingerprint density at radius 3 is 2.57 bits per heavy atom. The van der Waals surface area contributed by atoms with Crippen molar-refractivity contribution in [3.63, 3.8) is 0 Å². The van der Waals surface area contributed by atoms with Crippen LogP contribution < -0.4 is 24.6 Å². The Morgan fingerprint density at radius 2 is 1.75 bits per heavy atom. The van der Waals surface area contributed by atoms with Gasteiger partial charge in [-0.3, -0.25) is 29.1 Å². The van der Waals surface area contributed by atoms with E-state index >= 15 is 0 Å². The summed E-state index contributed by atoms with van der Waals surface area (Å²) in [6.45, 7) is 8.12. The van der Waals surface area contributed by atoms with Crippen molar-refractivity contribution in [2.24, 2.45) is 17.8 Å². The van der Waals surface area contributed by atoms with E-state index < -0.39 is 22.0 Å². The monoisotopic (exact) mass is 831 g/mol. The van der Waals surface area contributed by atoms with E-state index in [0.717, 1.165) is 80.3 Å². The van der Waals surface area contributed by atoms with Gasteiger partial charge in [0.15, 0.2) is 11.4 Å². The maximum atomic E-state index is 13.8. The molecule has 0 saturated carbocycles. The number of ether oxygens (including phenoxy) is 1. The summed E-state index contributed by atoms with van der Waals surface area (Å²) in [5.41, 5.74) is 6.01. The predicted octanol–water partition coefficient (Wildman–Crippen LogP) is 3.46. The first-order chi connectivity index (χ1) is 29.1. The van der Waals surface area contributed by atoms with Gasteiger partial charge >= 0.3 is 0 Å². The lowest BCUT2D eigenvalue weighted by molar-refractivity contribution is -0.136. The summed E-state index contributed by atoms with van der Waals surface area (Å²) in [7, 11) is -4.00. The third-order valence-electron chi connectivity index (χ3n) is 13.4. The summed E-state index contributed by atoms with van der Waals surface area (Å²) >= 11 is 0. The lowest BCUT2D eigenvalue weighted by Crippen LogP contribution is -2.52. The minimum Gasteiger partial charge on any atom is -0.492 e. The van der Waals surface area contributed by atoms with Gasteiger partial charge in [-0.2, -0.15) is 5.10 Å². The van der Waals surface area contributed by atoms with Crippen LogP contribution in [0, 0.1) is 17.8 Å². The molecule has 6 aliphatic heterocycles. The number of carbonyl (C=O) groups is 3. The fraction of sp³-hybridized carbons (Fsp3) is 0.419. The molecule has 0 radical (unpaired) electrons. The Hall–Kier alpha value is -5.94. The highest BCUT2D eigenvalue weighted by Crippen LogP contribution is 2.42. The maximum Gasteiger partial charge on any atom is 0.263 e. The van der Waals surface area contributed by atoms with Gasteiger partial charge in [0.1, 0.15) is 17.2 Å². The van der Waals surface area contributed by atoms with Gasteiger partial charge in [-0.1, -0.05) is 11.2 Å². The SMILES string of the molecule is O=C1CC[C@H](N2Cc3cc(N4CC[C@@H](CN5C[C@H]6CN(c7cccc(S(=O)(=O)Nc8noc9cc(Cn%10cccn%10)c%10c(c89)OCC%10)c7)C[C@@H]6C5)C4)ccc3C2=O)C(=O)N1. The van der Waals surface area contributed by atoms with Gasteiger partial charge < -0.3 is 28.9 Å². The first kappa shape index (κ1) is 37.1. The Morgan fingerprint density at radius 1 is 0.900 bits per heavy atom. The van der Waals surface area contributed by atoms with Crippen LogP contribution in [-0.4, -0.2) is 109 Å². The lowest BCUT2D eigenvalue weighted by atomic mass is 10.0. The van der Waals surface area contributed by atoms with Crippen molar-refractivity contribution in [2.45, 2.75) is 49.7 Å². The summed E-state index contributed by atoms with van der Waals surface area (Å²) in [6.07, 6.45) is 6.02. The summed E-state index contributed by atoms with van der Waals surface area (Å²) in [4.78, 5) is 46.4. The van der Waals surface area contributed by atoms with E-state index in [1.165, 1.54) is 0 Å². The van der Waals surface area contributed by atoms with Gasteiger partial charge in [-0.05, 0) is 90.3 Å². The fourth-order valence-electron chi connectivity index (χ4n) is 10.5. The molecular weight excluding hydrogens is 787 g/mol. The van der Waals surface area contributed by atoms with Gasteiger partial charge in [-0.25, -0.2) is 8.42 Å². The van der Waals surface area contributed by atoms with E-state index in [1.54, 1.807) is 29.3 Å². The summed E-state index contributed by atoms with van der Waals surface area (Å²) in [5.74, 6) is 1.43. The molecule has 310 valence electrons. The molecule has 11 rings (SSSR count). The normalized spacial score (nSPS) is 24.0. The fourth-order valence-corrected chi connectivity index (χ4v) is 11.5. The topological polar surface area (TPSA) is 175 Å². The van der Waals surface area contributed by atoms with Crippen molar-refractivity contribution in [3.8, 4) is 5.75 Å². The zero-order chi connectivity index (χ0) is 40.7. The number of nitrogens with one attached hydrogen (secondary N) is 2. The number of rotatable bonds is 10. The number of piperidine rings is 1. The molecule has 60 heavy (non-hydrogen) atoms. The van der Waals surface area contributed by atoms with Gasteiger partial charge in [0.25, 0.3) is 15.9 Å². The van der Waals surface area contributed by atoms with Gasteiger partial charge in [0.05, 0.1) is 18.0 Å². The molecule has 4 saturated heterocycles. The quantitative estimate of drug-likeness (QED) is 0.197. The second-order valence-corrected chi connectivity index (χ2v) is 18.8. The molecule has 5 aromatic rings. The molecule has 8 heterocycles. The van der Waals surface area contributed by atoms with E-state index in [4.69, 9.17) is 9.26 Å². The molecule has 4 atom stereocenters. The van der Waals surface area contributed by atoms with Crippen molar-refractivity contribution in [3.05, 3.63) is 89.2 Å². The average Bonchev–Trinajstić information content (AvgIpc) is 4.09. The van der Waals surface area contributed by atoms with Crippen LogP contribution in [0.5, 0.6) is 5.75 Å². The summed E-state index contributed by atoms with van der Waals surface area (Å²) in [5, 5.41) is 11.4. The molecule has 3 aromatic carbocycles. The molecule has 3 amide bonds. The number of anilines is 3. The van der Waals surface area contributed by atoms with E-state index in [1.807, 2.05) is 41.2 Å². The Bertz CT molecular complexity index is 2650. The Balaban J connectivity index is 0.703. The number of imide groups is 1. The predicted molar refractivity (Wildman–Crippen MR) is 220 cm³/mol. The largest absolute Gasteiger partial charge is 0.492 e. The molecule has 2 aromatic heterocycles. The molecule has 0 aliphatic carbocycles. The van der Waals surface area contributed by atoms with Crippen molar-refractivity contribution in [2.75, 3.05) is 66.9 Å². The van der Waals surface area contributed by atoms with Gasteiger partial charge in [0, 0.05) is 100 Å². The highest BCUT2D eigenvalue weighted by atomic mass is 32.2. The molecule has 0 bridgehead atoms. The number of benzene rings is 3. The third-order valence-corrected chi connectivity index (χ3v) is 14.7. The molecule has 0 unspecified atom stereocenters. The number of hydrogen-bond acceptors (Lipinski definition) is 12. The number of aromatic nitrogens is 3. The number of amides is 3. The van der Waals surface area contributed by atoms with Crippen LogP contribution in [0.3, 0.4) is 0 Å². The minimum atomic E-state index is -4.00. The standard InChI is InChI=1S/C43H45N9O7S/c53-38-8-7-36(42(54)45-38)52-25-27-15-32(5-6-35(27)43(52)55)49-13-9-26(19-49)18-48-20-29-22-50(23-30(29)21-48)31-3-1-4-33(17-31)60(56,57)47-41-39-37(59-46-41)16-28(24-51-12-2-11-44-51)34-10-14-58-40(34)39/h1-6,11-12,15-17,26,29-30,36H,7-10,13-14,18-25H2,(H,46,47)(H,45,53,54)/t26-,29-,30-,36-/m0/s1. The highest BCUT2D eigenvalue weighted by Gasteiger charge is 2.42. The van der Waals surface area contributed by atoms with Crippen LogP contribution in [0.25, 0.3) is 11.0 Å². The third kappa shape index (κ3) is 6.54. The Kier molecular flexibility index (Phi) is 8.88. The lowest BCUT2D eigenvalue weighted by Gasteiger charge is -2.29. The summed E-state index contributed by atoms with van der Waals surface area (Å²) in [6, 6.07) is 16.3. The van der Waals surface area contributed by atoms with Crippen LogP contribution in [0.1, 0.15) is 46.3 Å². The van der Waals surface area contributed by atoms with Crippen LogP contribution in [0.15, 0.2) is 76.4 Å². The number of carbonyl (C=O) groups excluding carboxylic acids is 3. The van der Waals surface area contributed by atoms with Crippen molar-refractivity contribution < 1.29 is 32.1 Å². The first-order valence-electron chi connectivity index (χ1n) is 20.8. The molecule has 6 aliphatic rings. The zero-order valence-corrected chi connectivity index (χ0v) is 33.8. The number of hydrogen-bond donors (Lipinski definition) is 2. The Labute approximate surface area is 346 Å². The number of likely N-dealkylation sites (tertiary alicyclic amines) is 1. The van der Waals surface area contributed by atoms with Crippen LogP contribution in [-0.2, 0) is 39.1 Å². The second-order valence-electron chi connectivity index (χ2n) is 17.1. The summed E-state index contributed by atoms with van der Waals surface area (Å²) < 4.78 is 43.9. The molecule has 2 N–H and O–H groups in total. The number of sulfonamides is 1. The molecular formula is C43H45N9O7S. The van der Waals surface area contributed by atoms with Crippen molar-refractivity contribution in [1.82, 2.24) is 30.1 Å². The average molecular weight is 832 g/mol. The van der Waals surface area contributed by atoms with Crippen LogP contribution in [0.2, 0.25) is 0 Å². The van der Waals surface area contributed by atoms with Crippen LogP contribution in [0.4, 0.5) is 17.2 Å². The van der Waals surface area contributed by atoms with Crippen molar-refractivity contribution in [1.29, 1.82) is 0 Å². The minimum absolute atomic E-state index is 0.113. The zero-order valence-electron chi connectivity index (χ0n) is 33.0. The number of fused-ring (bicyclic) bond motifs is 5. The molecule has 4 fully saturated rings. The smallest absolute Gasteiger partial charge is 0.263 e. The van der Waals surface area contributed by atoms with E-state index in [2.05, 4.69) is 41.1 Å². The van der Waals surface area contributed by atoms with E-state index in [9.17, 15) is 22.8 Å². The molecule has 16 nitrogen and oxygen atoms in total. The second kappa shape index (κ2) is 14.4. The van der Waals surface area contributed by atoms with Gasteiger partial charge in [-0.15, -0.1) is 0 Å². The molecule has 17 heteroatoms. The maximum absolute atomic E-state index is 13.8. The molecule has 0 spiro atoms. The van der Waals surface area contributed by atoms with E-state index in [-0.39, 0.29) is 28.9 Å². The van der Waals surface area contributed by atoms with Gasteiger partial charge in [0.2, 0.25) is 11.8 Å². The number of nitrogens with zero attached hydrogens (tertiary/aromatic N) is 7. The highest BCUT2D eigenvalue weighted by molar-refractivity contribution is 7.92. The van der Waals surface area contributed by atoms with Crippen LogP contribution >= 0.6 is 0 Å². The van der Waals surface area contributed by atoms with Crippen molar-refractivity contribution >= 4 is 55.9 Å².